The number of hydrogen-bond acceptors (Lipinski definition) is 5. The van der Waals surface area contributed by atoms with Crippen LogP contribution in [0.1, 0.15) is 194 Å². The van der Waals surface area contributed by atoms with Crippen LogP contribution >= 0.6 is 0 Å². The van der Waals surface area contributed by atoms with Crippen LogP contribution in [0.25, 0.3) is 0 Å². The van der Waals surface area contributed by atoms with Crippen LogP contribution in [0.4, 0.5) is 0 Å². The van der Waals surface area contributed by atoms with E-state index in [1.807, 2.05) is 0 Å². The molecule has 0 aromatic rings. The summed E-state index contributed by atoms with van der Waals surface area (Å²) < 4.78 is 5.69. The molecule has 1 fully saturated rings. The third-order valence-electron chi connectivity index (χ3n) is 9.35. The van der Waals surface area contributed by atoms with Crippen molar-refractivity contribution in [2.24, 2.45) is 0 Å². The first-order chi connectivity index (χ1) is 21.0. The number of carbonyl (C=O) groups excluding carboxylic acids is 1. The number of ether oxygens (including phenoxy) is 1. The van der Waals surface area contributed by atoms with Crippen LogP contribution in [0.15, 0.2) is 0 Å². The molecule has 6 heteroatoms. The van der Waals surface area contributed by atoms with E-state index in [2.05, 4.69) is 13.8 Å². The van der Waals surface area contributed by atoms with Gasteiger partial charge in [0.15, 0.2) is 6.23 Å². The van der Waals surface area contributed by atoms with E-state index in [1.165, 1.54) is 135 Å². The van der Waals surface area contributed by atoms with Crippen molar-refractivity contribution in [1.82, 2.24) is 4.90 Å². The molecule has 1 aliphatic heterocycles. The maximum absolute atomic E-state index is 13.2. The third kappa shape index (κ3) is 20.9. The van der Waals surface area contributed by atoms with E-state index in [9.17, 15) is 20.1 Å². The number of rotatable bonds is 30. The Morgan fingerprint density at radius 1 is 0.535 bits per heavy atom. The lowest BCUT2D eigenvalue weighted by Crippen LogP contribution is -2.60. The number of aliphatic hydroxyl groups is 3. The van der Waals surface area contributed by atoms with Crippen molar-refractivity contribution < 1.29 is 24.9 Å². The first-order valence-electron chi connectivity index (χ1n) is 19.0. The zero-order chi connectivity index (χ0) is 31.4. The van der Waals surface area contributed by atoms with Gasteiger partial charge in [-0.25, -0.2) is 0 Å². The van der Waals surface area contributed by atoms with Crippen molar-refractivity contribution >= 4 is 5.91 Å². The lowest BCUT2D eigenvalue weighted by Gasteiger charge is -2.41. The molecule has 1 rings (SSSR count). The van der Waals surface area contributed by atoms with Gasteiger partial charge < -0.3 is 25.0 Å². The highest BCUT2D eigenvalue weighted by Crippen LogP contribution is 2.22. The van der Waals surface area contributed by atoms with Crippen LogP contribution in [0, 0.1) is 0 Å². The molecule has 0 unspecified atom stereocenters. The van der Waals surface area contributed by atoms with Crippen LogP contribution in [0.2, 0.25) is 0 Å². The molecule has 0 bridgehead atoms. The molecule has 1 saturated heterocycles. The van der Waals surface area contributed by atoms with Crippen molar-refractivity contribution in [3.8, 4) is 0 Å². The SMILES string of the molecule is CCCCCCCCCCCCCCCCCCN(C(=O)CCCCCCCCCCCCC)[C@@H]1OC[C@H](O)[C@H](O)[C@H]1O. The molecule has 256 valence electrons. The topological polar surface area (TPSA) is 90.2 Å². The Balaban J connectivity index is 2.21. The largest absolute Gasteiger partial charge is 0.388 e. The molecular formula is C37H73NO5. The first kappa shape index (κ1) is 40.3. The number of hydrogen-bond donors (Lipinski definition) is 3. The van der Waals surface area contributed by atoms with E-state index in [4.69, 9.17) is 4.74 Å². The van der Waals surface area contributed by atoms with Gasteiger partial charge in [0.05, 0.1) is 6.61 Å². The van der Waals surface area contributed by atoms with E-state index in [0.29, 0.717) is 13.0 Å². The number of nitrogens with zero attached hydrogens (tertiary/aromatic N) is 1. The van der Waals surface area contributed by atoms with Crippen molar-refractivity contribution in [2.45, 2.75) is 218 Å². The zero-order valence-electron chi connectivity index (χ0n) is 28.6. The van der Waals surface area contributed by atoms with Gasteiger partial charge >= 0.3 is 0 Å². The molecule has 0 radical (unpaired) electrons. The van der Waals surface area contributed by atoms with Crippen molar-refractivity contribution in [3.05, 3.63) is 0 Å². The Labute approximate surface area is 266 Å². The summed E-state index contributed by atoms with van der Waals surface area (Å²) in [5.74, 6) is -0.00970. The number of aliphatic hydroxyl groups excluding tert-OH is 3. The second kappa shape index (κ2) is 28.8. The fourth-order valence-electron chi connectivity index (χ4n) is 6.37. The molecule has 0 saturated carbocycles. The predicted octanol–water partition coefficient (Wildman–Crippen LogP) is 9.22. The molecule has 0 aliphatic carbocycles. The Morgan fingerprint density at radius 2 is 0.884 bits per heavy atom. The lowest BCUT2D eigenvalue weighted by atomic mass is 10.0. The molecule has 4 atom stereocenters. The van der Waals surface area contributed by atoms with E-state index in [-0.39, 0.29) is 12.5 Å². The molecule has 1 heterocycles. The minimum absolute atomic E-state index is 0.00970. The highest BCUT2D eigenvalue weighted by molar-refractivity contribution is 5.76. The first-order valence-corrected chi connectivity index (χ1v) is 19.0. The Hall–Kier alpha value is -0.690. The third-order valence-corrected chi connectivity index (χ3v) is 9.35. The highest BCUT2D eigenvalue weighted by atomic mass is 16.5. The van der Waals surface area contributed by atoms with Crippen molar-refractivity contribution in [1.29, 1.82) is 0 Å². The Bertz CT molecular complexity index is 618. The average molecular weight is 612 g/mol. The van der Waals surface area contributed by atoms with Gasteiger partial charge in [-0.15, -0.1) is 0 Å². The summed E-state index contributed by atoms with van der Waals surface area (Å²) >= 11 is 0. The summed E-state index contributed by atoms with van der Waals surface area (Å²) in [4.78, 5) is 14.9. The fourth-order valence-corrected chi connectivity index (χ4v) is 6.37. The summed E-state index contributed by atoms with van der Waals surface area (Å²) in [6, 6.07) is 0. The second-order valence-corrected chi connectivity index (χ2v) is 13.4. The maximum atomic E-state index is 13.2. The van der Waals surface area contributed by atoms with E-state index in [1.54, 1.807) is 4.90 Å². The zero-order valence-corrected chi connectivity index (χ0v) is 28.6. The van der Waals surface area contributed by atoms with Gasteiger partial charge in [-0.1, -0.05) is 174 Å². The van der Waals surface area contributed by atoms with E-state index in [0.717, 1.165) is 38.5 Å². The summed E-state index contributed by atoms with van der Waals surface area (Å²) in [6.07, 6.45) is 30.3. The van der Waals surface area contributed by atoms with Crippen LogP contribution in [-0.2, 0) is 9.53 Å². The van der Waals surface area contributed by atoms with Crippen molar-refractivity contribution in [3.63, 3.8) is 0 Å². The minimum atomic E-state index is -1.29. The van der Waals surface area contributed by atoms with Crippen LogP contribution in [0.5, 0.6) is 0 Å². The van der Waals surface area contributed by atoms with Gasteiger partial charge in [-0.3, -0.25) is 4.79 Å². The predicted molar refractivity (Wildman–Crippen MR) is 180 cm³/mol. The molecule has 43 heavy (non-hydrogen) atoms. The van der Waals surface area contributed by atoms with Crippen LogP contribution in [-0.4, -0.2) is 63.8 Å². The molecule has 0 aromatic heterocycles. The summed E-state index contributed by atoms with van der Waals surface area (Å²) in [5.41, 5.74) is 0. The molecule has 1 aliphatic rings. The molecular weight excluding hydrogens is 538 g/mol. The summed E-state index contributed by atoms with van der Waals surface area (Å²) in [5, 5.41) is 30.7. The van der Waals surface area contributed by atoms with Gasteiger partial charge in [0, 0.05) is 13.0 Å². The van der Waals surface area contributed by atoms with E-state index >= 15 is 0 Å². The number of carbonyl (C=O) groups is 1. The van der Waals surface area contributed by atoms with Gasteiger partial charge in [0.1, 0.15) is 18.3 Å². The minimum Gasteiger partial charge on any atom is -0.388 e. The van der Waals surface area contributed by atoms with Crippen molar-refractivity contribution in [2.75, 3.05) is 13.2 Å². The average Bonchev–Trinajstić information content (AvgIpc) is 3.00. The molecule has 0 aromatic carbocycles. The Morgan fingerprint density at radius 3 is 1.28 bits per heavy atom. The highest BCUT2D eigenvalue weighted by Gasteiger charge is 2.41. The Kier molecular flexibility index (Phi) is 27.0. The normalized spacial score (nSPS) is 20.5. The van der Waals surface area contributed by atoms with Gasteiger partial charge in [0.2, 0.25) is 5.91 Å². The maximum Gasteiger partial charge on any atom is 0.224 e. The van der Waals surface area contributed by atoms with E-state index < -0.39 is 24.5 Å². The second-order valence-electron chi connectivity index (χ2n) is 13.4. The summed E-state index contributed by atoms with van der Waals surface area (Å²) in [7, 11) is 0. The standard InChI is InChI=1S/C37H73NO5/c1-3-5-7-9-11-13-15-16-17-18-19-21-23-25-27-29-31-38(37-36(42)35(41)33(39)32-43-37)34(40)30-28-26-24-22-20-14-12-10-8-6-4-2/h33,35-37,39,41-42H,3-32H2,1-2H3/t33-,35-,36+,37+/m0/s1. The smallest absolute Gasteiger partial charge is 0.224 e. The molecule has 3 N–H and O–H groups in total. The lowest BCUT2D eigenvalue weighted by molar-refractivity contribution is -0.228. The molecule has 0 spiro atoms. The number of amides is 1. The van der Waals surface area contributed by atoms with Crippen LogP contribution in [0.3, 0.4) is 0 Å². The van der Waals surface area contributed by atoms with Gasteiger partial charge in [0.25, 0.3) is 0 Å². The monoisotopic (exact) mass is 612 g/mol. The van der Waals surface area contributed by atoms with Gasteiger partial charge in [-0.2, -0.15) is 0 Å². The molecule has 1 amide bonds. The quantitative estimate of drug-likeness (QED) is 0.0705. The summed E-state index contributed by atoms with van der Waals surface area (Å²) in [6.45, 7) is 4.99. The molecule has 6 nitrogen and oxygen atoms in total. The number of unbranched alkanes of at least 4 members (excludes halogenated alkanes) is 25. The van der Waals surface area contributed by atoms with Crippen LogP contribution < -0.4 is 0 Å². The fraction of sp³-hybridized carbons (Fsp3) is 0.973. The van der Waals surface area contributed by atoms with Gasteiger partial charge in [-0.05, 0) is 12.8 Å².